The molecule has 1 atom stereocenters. The third kappa shape index (κ3) is 4.76. The summed E-state index contributed by atoms with van der Waals surface area (Å²) >= 11 is 1.66. The smallest absolute Gasteiger partial charge is 0.225 e. The average Bonchev–Trinajstić information content (AvgIpc) is 3.15. The van der Waals surface area contributed by atoms with Crippen LogP contribution in [-0.4, -0.2) is 58.5 Å². The second kappa shape index (κ2) is 9.11. The summed E-state index contributed by atoms with van der Waals surface area (Å²) in [6, 6.07) is 1.83. The molecule has 1 aliphatic rings. The quantitative estimate of drug-likeness (QED) is 0.427. The van der Waals surface area contributed by atoms with Crippen LogP contribution in [0.25, 0.3) is 0 Å². The van der Waals surface area contributed by atoms with Gasteiger partial charge in [-0.1, -0.05) is 6.92 Å². The fourth-order valence-electron chi connectivity index (χ4n) is 2.48. The van der Waals surface area contributed by atoms with Crippen LogP contribution in [0.2, 0.25) is 0 Å². The zero-order valence-electron chi connectivity index (χ0n) is 13.6. The van der Waals surface area contributed by atoms with E-state index in [1.54, 1.807) is 23.7 Å². The summed E-state index contributed by atoms with van der Waals surface area (Å²) in [6.45, 7) is 6.16. The molecule has 3 heterocycles. The van der Waals surface area contributed by atoms with Crippen LogP contribution in [0.4, 0.5) is 5.95 Å². The minimum atomic E-state index is 0. The van der Waals surface area contributed by atoms with Crippen LogP contribution in [-0.2, 0) is 0 Å². The molecule has 24 heavy (non-hydrogen) atoms. The molecule has 7 nitrogen and oxygen atoms in total. The van der Waals surface area contributed by atoms with Gasteiger partial charge in [-0.05, 0) is 6.07 Å². The zero-order valence-corrected chi connectivity index (χ0v) is 16.7. The van der Waals surface area contributed by atoms with Crippen LogP contribution in [0.1, 0.15) is 17.8 Å². The van der Waals surface area contributed by atoms with Crippen molar-refractivity contribution >= 4 is 47.2 Å². The van der Waals surface area contributed by atoms with Crippen molar-refractivity contribution in [2.75, 3.05) is 37.6 Å². The maximum Gasteiger partial charge on any atom is 0.225 e. The van der Waals surface area contributed by atoms with Crippen molar-refractivity contribution in [3.8, 4) is 0 Å². The Kier molecular flexibility index (Phi) is 7.16. The molecule has 2 aromatic heterocycles. The van der Waals surface area contributed by atoms with Gasteiger partial charge in [0.25, 0.3) is 0 Å². The molecule has 0 amide bonds. The molecule has 3 rings (SSSR count). The number of rotatable bonds is 4. The first-order valence-electron chi connectivity index (χ1n) is 7.70. The van der Waals surface area contributed by atoms with Crippen molar-refractivity contribution in [1.82, 2.24) is 19.9 Å². The van der Waals surface area contributed by atoms with Crippen molar-refractivity contribution in [3.63, 3.8) is 0 Å². The number of thiazole rings is 1. The number of nitrogens with zero attached hydrogens (tertiary/aromatic N) is 6. The van der Waals surface area contributed by atoms with Crippen LogP contribution in [0.5, 0.6) is 0 Å². The van der Waals surface area contributed by atoms with Crippen LogP contribution >= 0.6 is 35.3 Å². The van der Waals surface area contributed by atoms with Gasteiger partial charge in [0, 0.05) is 56.1 Å². The van der Waals surface area contributed by atoms with E-state index in [4.69, 9.17) is 5.73 Å². The van der Waals surface area contributed by atoms with Crippen molar-refractivity contribution in [1.29, 1.82) is 0 Å². The van der Waals surface area contributed by atoms with Gasteiger partial charge in [-0.3, -0.25) is 4.99 Å². The predicted molar refractivity (Wildman–Crippen MR) is 108 cm³/mol. The maximum absolute atomic E-state index is 6.14. The largest absolute Gasteiger partial charge is 0.370 e. The molecule has 1 aliphatic heterocycles. The van der Waals surface area contributed by atoms with Gasteiger partial charge in [0.1, 0.15) is 0 Å². The van der Waals surface area contributed by atoms with Gasteiger partial charge in [-0.2, -0.15) is 0 Å². The molecule has 130 valence electrons. The number of hydrogen-bond acceptors (Lipinski definition) is 6. The molecular weight excluding hydrogens is 437 g/mol. The van der Waals surface area contributed by atoms with Gasteiger partial charge in [0.2, 0.25) is 5.95 Å². The second-order valence-electron chi connectivity index (χ2n) is 5.49. The Labute approximate surface area is 163 Å². The monoisotopic (exact) mass is 459 g/mol. The molecule has 2 aromatic rings. The standard InChI is InChI=1S/C15H21N7S.HI/c1-12(13-17-5-10-23-13)11-20-14(16)21-6-8-22(9-7-21)15-18-3-2-4-19-15;/h2-5,10,12H,6-9,11H2,1H3,(H2,16,20);1H. The van der Waals surface area contributed by atoms with Crippen LogP contribution in [0.15, 0.2) is 35.0 Å². The van der Waals surface area contributed by atoms with E-state index in [2.05, 4.69) is 36.7 Å². The summed E-state index contributed by atoms with van der Waals surface area (Å²) in [7, 11) is 0. The minimum absolute atomic E-state index is 0. The molecule has 1 saturated heterocycles. The van der Waals surface area contributed by atoms with E-state index in [1.807, 2.05) is 17.6 Å². The summed E-state index contributed by atoms with van der Waals surface area (Å²) in [6.07, 6.45) is 5.36. The molecule has 2 N–H and O–H groups in total. The van der Waals surface area contributed by atoms with E-state index in [0.29, 0.717) is 18.4 Å². The van der Waals surface area contributed by atoms with E-state index in [-0.39, 0.29) is 24.0 Å². The van der Waals surface area contributed by atoms with Crippen molar-refractivity contribution in [2.24, 2.45) is 10.7 Å². The average molecular weight is 459 g/mol. The number of halogens is 1. The van der Waals surface area contributed by atoms with Gasteiger partial charge in [0.15, 0.2) is 5.96 Å². The molecule has 1 fully saturated rings. The van der Waals surface area contributed by atoms with Crippen molar-refractivity contribution in [3.05, 3.63) is 35.0 Å². The van der Waals surface area contributed by atoms with E-state index >= 15 is 0 Å². The number of hydrogen-bond donors (Lipinski definition) is 1. The third-order valence-corrected chi connectivity index (χ3v) is 4.85. The molecule has 1 unspecified atom stereocenters. The first kappa shape index (κ1) is 18.8. The number of anilines is 1. The van der Waals surface area contributed by atoms with Crippen molar-refractivity contribution < 1.29 is 0 Å². The van der Waals surface area contributed by atoms with Gasteiger partial charge in [-0.15, -0.1) is 35.3 Å². The topological polar surface area (TPSA) is 83.5 Å². The minimum Gasteiger partial charge on any atom is -0.370 e. The Bertz CT molecular complexity index is 627. The van der Waals surface area contributed by atoms with Crippen LogP contribution < -0.4 is 10.6 Å². The highest BCUT2D eigenvalue weighted by atomic mass is 127. The lowest BCUT2D eigenvalue weighted by Gasteiger charge is -2.35. The molecule has 0 spiro atoms. The Balaban J connectivity index is 0.00000208. The van der Waals surface area contributed by atoms with Gasteiger partial charge >= 0.3 is 0 Å². The summed E-state index contributed by atoms with van der Waals surface area (Å²) < 4.78 is 0. The van der Waals surface area contributed by atoms with E-state index in [1.165, 1.54) is 0 Å². The second-order valence-corrected chi connectivity index (χ2v) is 6.42. The van der Waals surface area contributed by atoms with Crippen molar-refractivity contribution in [2.45, 2.75) is 12.8 Å². The number of guanidine groups is 1. The fourth-order valence-corrected chi connectivity index (χ4v) is 3.17. The first-order chi connectivity index (χ1) is 11.2. The van der Waals surface area contributed by atoms with E-state index in [0.717, 1.165) is 37.1 Å². The number of aromatic nitrogens is 3. The zero-order chi connectivity index (χ0) is 16.1. The van der Waals surface area contributed by atoms with Gasteiger partial charge < -0.3 is 15.5 Å². The first-order valence-corrected chi connectivity index (χ1v) is 8.58. The molecule has 0 aromatic carbocycles. The number of piperazine rings is 1. The van der Waals surface area contributed by atoms with Gasteiger partial charge in [-0.25, -0.2) is 15.0 Å². The Morgan fingerprint density at radius 3 is 2.54 bits per heavy atom. The Morgan fingerprint density at radius 1 is 1.21 bits per heavy atom. The Hall–Kier alpha value is -1.49. The maximum atomic E-state index is 6.14. The molecule has 0 aliphatic carbocycles. The molecular formula is C15H22IN7S. The summed E-state index contributed by atoms with van der Waals surface area (Å²) in [4.78, 5) is 21.7. The highest BCUT2D eigenvalue weighted by Crippen LogP contribution is 2.17. The molecule has 0 saturated carbocycles. The fraction of sp³-hybridized carbons (Fsp3) is 0.467. The lowest BCUT2D eigenvalue weighted by molar-refractivity contribution is 0.378. The van der Waals surface area contributed by atoms with E-state index < -0.39 is 0 Å². The Morgan fingerprint density at radius 2 is 1.92 bits per heavy atom. The highest BCUT2D eigenvalue weighted by Gasteiger charge is 2.20. The molecule has 9 heteroatoms. The summed E-state index contributed by atoms with van der Waals surface area (Å²) in [5.74, 6) is 1.69. The van der Waals surface area contributed by atoms with Crippen LogP contribution in [0.3, 0.4) is 0 Å². The van der Waals surface area contributed by atoms with Gasteiger partial charge in [0.05, 0.1) is 11.6 Å². The summed E-state index contributed by atoms with van der Waals surface area (Å²) in [5.41, 5.74) is 6.14. The third-order valence-electron chi connectivity index (χ3n) is 3.84. The van der Waals surface area contributed by atoms with Crippen LogP contribution in [0, 0.1) is 0 Å². The molecule has 0 radical (unpaired) electrons. The van der Waals surface area contributed by atoms with E-state index in [9.17, 15) is 0 Å². The number of nitrogens with two attached hydrogens (primary N) is 1. The highest BCUT2D eigenvalue weighted by molar-refractivity contribution is 14.0. The summed E-state index contributed by atoms with van der Waals surface area (Å²) in [5, 5.41) is 3.09. The normalized spacial score (nSPS) is 16.6. The predicted octanol–water partition coefficient (Wildman–Crippen LogP) is 1.79. The number of aliphatic imine (C=N–C) groups is 1. The lowest BCUT2D eigenvalue weighted by Crippen LogP contribution is -2.51. The molecule has 0 bridgehead atoms. The SMILES string of the molecule is CC(CN=C(N)N1CCN(c2ncccn2)CC1)c1nccs1.I. The lowest BCUT2D eigenvalue weighted by atomic mass is 10.2.